The average Bonchev–Trinajstić information content (AvgIpc) is 2.62. The summed E-state index contributed by atoms with van der Waals surface area (Å²) in [6, 6.07) is 0. The minimum Gasteiger partial charge on any atom is -0.455 e. The van der Waals surface area contributed by atoms with Crippen LogP contribution in [0.4, 0.5) is 0 Å². The summed E-state index contributed by atoms with van der Waals surface area (Å²) in [5, 5.41) is 18.7. The van der Waals surface area contributed by atoms with Crippen molar-refractivity contribution < 1.29 is 29.2 Å². The molecule has 86 valence electrons. The molecule has 2 fully saturated rings. The summed E-state index contributed by atoms with van der Waals surface area (Å²) in [5.41, 5.74) is 0. The quantitative estimate of drug-likeness (QED) is 0.537. The van der Waals surface area contributed by atoms with E-state index in [-0.39, 0.29) is 6.61 Å². The molecule has 2 saturated heterocycles. The van der Waals surface area contributed by atoms with Crippen molar-refractivity contribution in [2.24, 2.45) is 0 Å². The van der Waals surface area contributed by atoms with Crippen molar-refractivity contribution in [2.45, 2.75) is 44.1 Å². The van der Waals surface area contributed by atoms with E-state index < -0.39 is 36.2 Å². The zero-order valence-electron chi connectivity index (χ0n) is 8.54. The zero-order valence-corrected chi connectivity index (χ0v) is 8.54. The fourth-order valence-corrected chi connectivity index (χ4v) is 1.77. The van der Waals surface area contributed by atoms with Gasteiger partial charge in [0.1, 0.15) is 12.2 Å². The summed E-state index contributed by atoms with van der Waals surface area (Å²) in [6.07, 6.45) is -4.12. The average molecular weight is 218 g/mol. The van der Waals surface area contributed by atoms with Crippen LogP contribution in [0.2, 0.25) is 0 Å². The summed E-state index contributed by atoms with van der Waals surface area (Å²) < 4.78 is 15.5. The summed E-state index contributed by atoms with van der Waals surface area (Å²) in [5.74, 6) is -1.56. The van der Waals surface area contributed by atoms with E-state index in [1.165, 1.54) is 0 Å². The molecule has 0 saturated carbocycles. The standard InChI is InChI=1S/C9H14O6/c1-9(2)13-3-4(15-9)7-5(10)6(11)8(12)14-7/h4-7,10-11H,3H2,1-2H3. The van der Waals surface area contributed by atoms with E-state index in [2.05, 4.69) is 0 Å². The molecule has 0 amide bonds. The van der Waals surface area contributed by atoms with Crippen molar-refractivity contribution in [3.63, 3.8) is 0 Å². The normalized spacial score (nSPS) is 44.4. The van der Waals surface area contributed by atoms with Gasteiger partial charge in [-0.25, -0.2) is 4.79 Å². The van der Waals surface area contributed by atoms with Gasteiger partial charge in [-0.1, -0.05) is 0 Å². The van der Waals surface area contributed by atoms with E-state index in [9.17, 15) is 15.0 Å². The molecule has 0 aromatic carbocycles. The highest BCUT2D eigenvalue weighted by atomic mass is 16.8. The lowest BCUT2D eigenvalue weighted by molar-refractivity contribution is -0.166. The van der Waals surface area contributed by atoms with E-state index in [0.717, 1.165) is 0 Å². The number of hydrogen-bond donors (Lipinski definition) is 2. The van der Waals surface area contributed by atoms with Gasteiger partial charge in [-0.2, -0.15) is 0 Å². The van der Waals surface area contributed by atoms with Gasteiger partial charge in [-0.05, 0) is 13.8 Å². The van der Waals surface area contributed by atoms with Gasteiger partial charge in [0, 0.05) is 0 Å². The molecule has 0 aromatic heterocycles. The molecule has 0 aliphatic carbocycles. The van der Waals surface area contributed by atoms with Gasteiger partial charge in [0.25, 0.3) is 0 Å². The molecule has 6 heteroatoms. The number of cyclic esters (lactones) is 1. The third-order valence-corrected chi connectivity index (χ3v) is 2.55. The van der Waals surface area contributed by atoms with Crippen molar-refractivity contribution in [1.29, 1.82) is 0 Å². The highest BCUT2D eigenvalue weighted by Gasteiger charge is 2.50. The maximum Gasteiger partial charge on any atom is 0.338 e. The lowest BCUT2D eigenvalue weighted by Crippen LogP contribution is -2.40. The number of aliphatic hydroxyl groups excluding tert-OH is 2. The molecule has 2 rings (SSSR count). The summed E-state index contributed by atoms with van der Waals surface area (Å²) >= 11 is 0. The topological polar surface area (TPSA) is 85.2 Å². The van der Waals surface area contributed by atoms with Gasteiger partial charge in [0.2, 0.25) is 0 Å². The Hall–Kier alpha value is -0.690. The number of hydrogen-bond acceptors (Lipinski definition) is 6. The molecule has 4 atom stereocenters. The summed E-state index contributed by atoms with van der Waals surface area (Å²) in [7, 11) is 0. The minimum atomic E-state index is -1.48. The van der Waals surface area contributed by atoms with E-state index in [0.29, 0.717) is 0 Å². The third kappa shape index (κ3) is 1.85. The maximum absolute atomic E-state index is 11.0. The molecule has 0 spiro atoms. The van der Waals surface area contributed by atoms with Crippen LogP contribution in [0.15, 0.2) is 0 Å². The van der Waals surface area contributed by atoms with E-state index in [4.69, 9.17) is 14.2 Å². The van der Waals surface area contributed by atoms with Crippen molar-refractivity contribution in [3.05, 3.63) is 0 Å². The van der Waals surface area contributed by atoms with Crippen molar-refractivity contribution in [3.8, 4) is 0 Å². The van der Waals surface area contributed by atoms with Crippen molar-refractivity contribution in [1.82, 2.24) is 0 Å². The predicted molar refractivity (Wildman–Crippen MR) is 46.8 cm³/mol. The van der Waals surface area contributed by atoms with Gasteiger partial charge in [0.05, 0.1) is 6.61 Å². The summed E-state index contributed by atoms with van der Waals surface area (Å²) in [6.45, 7) is 3.69. The van der Waals surface area contributed by atoms with Crippen molar-refractivity contribution in [2.75, 3.05) is 6.61 Å². The first-order valence-electron chi connectivity index (χ1n) is 4.79. The summed E-state index contributed by atoms with van der Waals surface area (Å²) in [4.78, 5) is 11.0. The fourth-order valence-electron chi connectivity index (χ4n) is 1.77. The molecule has 2 N–H and O–H groups in total. The maximum atomic E-state index is 11.0. The van der Waals surface area contributed by atoms with E-state index in [1.54, 1.807) is 13.8 Å². The predicted octanol–water partition coefficient (Wildman–Crippen LogP) is -1.21. The molecular weight excluding hydrogens is 204 g/mol. The molecule has 0 aromatic rings. The number of carbonyl (C=O) groups excluding carboxylic acids is 1. The number of esters is 1. The van der Waals surface area contributed by atoms with Gasteiger partial charge in [0.15, 0.2) is 18.0 Å². The Labute approximate surface area is 86.7 Å². The number of ether oxygens (including phenoxy) is 3. The van der Waals surface area contributed by atoms with Crippen LogP contribution in [0, 0.1) is 0 Å². The first-order valence-corrected chi connectivity index (χ1v) is 4.79. The second kappa shape index (κ2) is 3.41. The Bertz CT molecular complexity index is 276. The molecule has 2 aliphatic rings. The van der Waals surface area contributed by atoms with Crippen LogP contribution in [0.3, 0.4) is 0 Å². The van der Waals surface area contributed by atoms with Crippen LogP contribution in [0.1, 0.15) is 13.8 Å². The fraction of sp³-hybridized carbons (Fsp3) is 0.889. The van der Waals surface area contributed by atoms with Crippen LogP contribution >= 0.6 is 0 Å². The molecule has 6 nitrogen and oxygen atoms in total. The molecule has 4 unspecified atom stereocenters. The van der Waals surface area contributed by atoms with Crippen LogP contribution in [-0.2, 0) is 19.0 Å². The number of rotatable bonds is 1. The smallest absolute Gasteiger partial charge is 0.338 e. The van der Waals surface area contributed by atoms with Gasteiger partial charge >= 0.3 is 5.97 Å². The molecule has 2 aliphatic heterocycles. The largest absolute Gasteiger partial charge is 0.455 e. The highest BCUT2D eigenvalue weighted by Crippen LogP contribution is 2.30. The van der Waals surface area contributed by atoms with Crippen LogP contribution in [0.5, 0.6) is 0 Å². The number of carbonyl (C=O) groups is 1. The van der Waals surface area contributed by atoms with E-state index >= 15 is 0 Å². The first-order chi connectivity index (χ1) is 6.91. The Morgan fingerprint density at radius 1 is 1.40 bits per heavy atom. The van der Waals surface area contributed by atoms with Crippen LogP contribution < -0.4 is 0 Å². The molecule has 15 heavy (non-hydrogen) atoms. The SMILES string of the molecule is CC1(C)OCC(C2OC(=O)C(O)C2O)O1. The second-order valence-electron chi connectivity index (χ2n) is 4.20. The third-order valence-electron chi connectivity index (χ3n) is 2.55. The van der Waals surface area contributed by atoms with Crippen LogP contribution in [0.25, 0.3) is 0 Å². The van der Waals surface area contributed by atoms with E-state index in [1.807, 2.05) is 0 Å². The molecule has 0 radical (unpaired) electrons. The van der Waals surface area contributed by atoms with Crippen LogP contribution in [-0.4, -0.2) is 53.0 Å². The van der Waals surface area contributed by atoms with Gasteiger partial charge < -0.3 is 24.4 Å². The monoisotopic (exact) mass is 218 g/mol. The minimum absolute atomic E-state index is 0.231. The lowest BCUT2D eigenvalue weighted by Gasteiger charge is -2.21. The lowest BCUT2D eigenvalue weighted by atomic mass is 10.1. The number of aliphatic hydroxyl groups is 2. The molecule has 0 bridgehead atoms. The van der Waals surface area contributed by atoms with Gasteiger partial charge in [-0.15, -0.1) is 0 Å². The Morgan fingerprint density at radius 2 is 2.07 bits per heavy atom. The Kier molecular flexibility index (Phi) is 2.46. The molecular formula is C9H14O6. The van der Waals surface area contributed by atoms with Crippen molar-refractivity contribution >= 4 is 5.97 Å². The van der Waals surface area contributed by atoms with Gasteiger partial charge in [-0.3, -0.25) is 0 Å². The Balaban J connectivity index is 2.04. The zero-order chi connectivity index (χ0) is 11.2. The second-order valence-corrected chi connectivity index (χ2v) is 4.20. The Morgan fingerprint density at radius 3 is 2.47 bits per heavy atom. The first kappa shape index (κ1) is 10.8. The highest BCUT2D eigenvalue weighted by molar-refractivity contribution is 5.77. The molecule has 2 heterocycles.